The number of amides is 1. The Morgan fingerprint density at radius 2 is 2.21 bits per heavy atom. The fourth-order valence-corrected chi connectivity index (χ4v) is 1.67. The molecule has 19 heavy (non-hydrogen) atoms. The molecule has 0 saturated carbocycles. The average Bonchev–Trinajstić information content (AvgIpc) is 2.89. The molecule has 2 aromatic rings. The number of aryl methyl sites for hydroxylation is 1. The third-order valence-electron chi connectivity index (χ3n) is 2.67. The second-order valence-electron chi connectivity index (χ2n) is 4.24. The molecular formula is C14H17N3O2. The Labute approximate surface area is 112 Å². The summed E-state index contributed by atoms with van der Waals surface area (Å²) in [6, 6.07) is 9.55. The Kier molecular flexibility index (Phi) is 4.55. The number of aromatic amines is 1. The number of rotatable bonds is 6. The van der Waals surface area contributed by atoms with Crippen LogP contribution in [0.15, 0.2) is 36.5 Å². The van der Waals surface area contributed by atoms with Gasteiger partial charge in [-0.15, -0.1) is 0 Å². The third-order valence-corrected chi connectivity index (χ3v) is 2.67. The first-order valence-electron chi connectivity index (χ1n) is 6.23. The van der Waals surface area contributed by atoms with Crippen molar-refractivity contribution in [3.8, 4) is 5.75 Å². The molecule has 0 bridgehead atoms. The van der Waals surface area contributed by atoms with Crippen molar-refractivity contribution in [3.63, 3.8) is 0 Å². The highest BCUT2D eigenvalue weighted by Crippen LogP contribution is 2.16. The minimum Gasteiger partial charge on any atom is -0.493 e. The predicted octanol–water partition coefficient (Wildman–Crippen LogP) is 2.52. The number of carbonyl (C=O) groups excluding carboxylic acids is 1. The van der Waals surface area contributed by atoms with Crippen LogP contribution in [0.3, 0.4) is 0 Å². The SMILES string of the molecule is Cc1ccccc1OCCCC(=O)Nc1ccn[nH]1. The van der Waals surface area contributed by atoms with Crippen LogP contribution in [0, 0.1) is 6.92 Å². The molecule has 1 heterocycles. The maximum atomic E-state index is 11.6. The van der Waals surface area contributed by atoms with E-state index in [4.69, 9.17) is 4.74 Å². The lowest BCUT2D eigenvalue weighted by Crippen LogP contribution is -2.13. The van der Waals surface area contributed by atoms with Gasteiger partial charge in [0.1, 0.15) is 11.6 Å². The van der Waals surface area contributed by atoms with E-state index in [1.54, 1.807) is 12.3 Å². The molecule has 0 aliphatic carbocycles. The Balaban J connectivity index is 1.67. The summed E-state index contributed by atoms with van der Waals surface area (Å²) in [7, 11) is 0. The van der Waals surface area contributed by atoms with Crippen LogP contribution in [0.2, 0.25) is 0 Å². The monoisotopic (exact) mass is 259 g/mol. The summed E-state index contributed by atoms with van der Waals surface area (Å²) in [4.78, 5) is 11.6. The lowest BCUT2D eigenvalue weighted by Gasteiger charge is -2.08. The summed E-state index contributed by atoms with van der Waals surface area (Å²) >= 11 is 0. The van der Waals surface area contributed by atoms with Gasteiger partial charge in [0, 0.05) is 12.5 Å². The van der Waals surface area contributed by atoms with Crippen molar-refractivity contribution in [3.05, 3.63) is 42.1 Å². The molecule has 0 aliphatic rings. The molecule has 0 saturated heterocycles. The first-order valence-corrected chi connectivity index (χ1v) is 6.23. The largest absolute Gasteiger partial charge is 0.493 e. The minimum absolute atomic E-state index is 0.0439. The number of para-hydroxylation sites is 1. The number of benzene rings is 1. The zero-order valence-electron chi connectivity index (χ0n) is 10.8. The molecule has 5 heteroatoms. The van der Waals surface area contributed by atoms with Gasteiger partial charge in [-0.05, 0) is 25.0 Å². The third kappa shape index (κ3) is 4.13. The van der Waals surface area contributed by atoms with Crippen molar-refractivity contribution in [1.29, 1.82) is 0 Å². The molecule has 0 unspecified atom stereocenters. The number of nitrogens with one attached hydrogen (secondary N) is 2. The summed E-state index contributed by atoms with van der Waals surface area (Å²) in [5.41, 5.74) is 1.10. The summed E-state index contributed by atoms with van der Waals surface area (Å²) in [6.45, 7) is 2.53. The zero-order chi connectivity index (χ0) is 13.5. The lowest BCUT2D eigenvalue weighted by atomic mass is 10.2. The van der Waals surface area contributed by atoms with Gasteiger partial charge in [-0.25, -0.2) is 0 Å². The number of aromatic nitrogens is 2. The molecule has 2 rings (SSSR count). The normalized spacial score (nSPS) is 10.2. The van der Waals surface area contributed by atoms with Crippen molar-refractivity contribution < 1.29 is 9.53 Å². The summed E-state index contributed by atoms with van der Waals surface area (Å²) in [5, 5.41) is 9.15. The molecule has 1 amide bonds. The molecule has 2 N–H and O–H groups in total. The first kappa shape index (κ1) is 13.1. The molecule has 0 radical (unpaired) electrons. The van der Waals surface area contributed by atoms with Crippen LogP contribution < -0.4 is 10.1 Å². The molecule has 0 fully saturated rings. The molecule has 100 valence electrons. The van der Waals surface area contributed by atoms with E-state index in [0.29, 0.717) is 25.3 Å². The van der Waals surface area contributed by atoms with E-state index in [1.807, 2.05) is 31.2 Å². The van der Waals surface area contributed by atoms with Crippen LogP contribution in [0.25, 0.3) is 0 Å². The first-order chi connectivity index (χ1) is 9.25. The van der Waals surface area contributed by atoms with E-state index >= 15 is 0 Å². The second-order valence-corrected chi connectivity index (χ2v) is 4.24. The van der Waals surface area contributed by atoms with Gasteiger partial charge in [-0.1, -0.05) is 18.2 Å². The molecule has 5 nitrogen and oxygen atoms in total. The van der Waals surface area contributed by atoms with Crippen molar-refractivity contribution in [1.82, 2.24) is 10.2 Å². The van der Waals surface area contributed by atoms with Crippen molar-refractivity contribution >= 4 is 11.7 Å². The van der Waals surface area contributed by atoms with E-state index in [-0.39, 0.29) is 5.91 Å². The van der Waals surface area contributed by atoms with E-state index in [1.165, 1.54) is 0 Å². The predicted molar refractivity (Wildman–Crippen MR) is 73.1 cm³/mol. The highest BCUT2D eigenvalue weighted by molar-refractivity contribution is 5.89. The molecule has 1 aromatic carbocycles. The van der Waals surface area contributed by atoms with E-state index in [9.17, 15) is 4.79 Å². The summed E-state index contributed by atoms with van der Waals surface area (Å²) in [6.07, 6.45) is 2.69. The van der Waals surface area contributed by atoms with Gasteiger partial charge in [0.2, 0.25) is 5.91 Å². The Bertz CT molecular complexity index is 523. The van der Waals surface area contributed by atoms with E-state index in [2.05, 4.69) is 15.5 Å². The molecule has 0 atom stereocenters. The zero-order valence-corrected chi connectivity index (χ0v) is 10.8. The van der Waals surface area contributed by atoms with Crippen LogP contribution >= 0.6 is 0 Å². The Morgan fingerprint density at radius 3 is 2.95 bits per heavy atom. The van der Waals surface area contributed by atoms with Crippen LogP contribution in [0.5, 0.6) is 5.75 Å². The van der Waals surface area contributed by atoms with E-state index in [0.717, 1.165) is 11.3 Å². The number of carbonyl (C=O) groups is 1. The van der Waals surface area contributed by atoms with Crippen molar-refractivity contribution in [2.45, 2.75) is 19.8 Å². The fraction of sp³-hybridized carbons (Fsp3) is 0.286. The summed E-state index contributed by atoms with van der Waals surface area (Å²) < 4.78 is 5.62. The number of ether oxygens (including phenoxy) is 1. The van der Waals surface area contributed by atoms with E-state index < -0.39 is 0 Å². The quantitative estimate of drug-likeness (QED) is 0.783. The molecule has 1 aromatic heterocycles. The van der Waals surface area contributed by atoms with Gasteiger partial charge in [-0.2, -0.15) is 5.10 Å². The maximum Gasteiger partial charge on any atom is 0.225 e. The highest BCUT2D eigenvalue weighted by Gasteiger charge is 2.03. The number of nitrogens with zero attached hydrogens (tertiary/aromatic N) is 1. The minimum atomic E-state index is -0.0439. The van der Waals surface area contributed by atoms with Gasteiger partial charge in [0.15, 0.2) is 0 Å². The molecular weight excluding hydrogens is 242 g/mol. The number of hydrogen-bond donors (Lipinski definition) is 2. The van der Waals surface area contributed by atoms with Crippen LogP contribution in [-0.2, 0) is 4.79 Å². The standard InChI is InChI=1S/C14H17N3O2/c1-11-5-2-3-6-12(11)19-10-4-7-14(18)16-13-8-9-15-17-13/h2-3,5-6,8-9H,4,7,10H2,1H3,(H2,15,16,17,18). The van der Waals surface area contributed by atoms with Gasteiger partial charge < -0.3 is 10.1 Å². The number of anilines is 1. The Hall–Kier alpha value is -2.30. The van der Waals surface area contributed by atoms with Gasteiger partial charge in [-0.3, -0.25) is 9.89 Å². The Morgan fingerprint density at radius 1 is 1.37 bits per heavy atom. The molecule has 0 aliphatic heterocycles. The number of H-pyrrole nitrogens is 1. The fourth-order valence-electron chi connectivity index (χ4n) is 1.67. The lowest BCUT2D eigenvalue weighted by molar-refractivity contribution is -0.116. The van der Waals surface area contributed by atoms with Crippen molar-refractivity contribution in [2.24, 2.45) is 0 Å². The van der Waals surface area contributed by atoms with Crippen molar-refractivity contribution in [2.75, 3.05) is 11.9 Å². The van der Waals surface area contributed by atoms with Crippen LogP contribution in [0.1, 0.15) is 18.4 Å². The van der Waals surface area contributed by atoms with Gasteiger partial charge >= 0.3 is 0 Å². The van der Waals surface area contributed by atoms with Gasteiger partial charge in [0.25, 0.3) is 0 Å². The smallest absolute Gasteiger partial charge is 0.225 e. The topological polar surface area (TPSA) is 67.0 Å². The number of hydrogen-bond acceptors (Lipinski definition) is 3. The summed E-state index contributed by atoms with van der Waals surface area (Å²) in [5.74, 6) is 1.44. The highest BCUT2D eigenvalue weighted by atomic mass is 16.5. The van der Waals surface area contributed by atoms with Gasteiger partial charge in [0.05, 0.1) is 12.8 Å². The van der Waals surface area contributed by atoms with Crippen LogP contribution in [-0.4, -0.2) is 22.7 Å². The maximum absolute atomic E-state index is 11.6. The molecule has 0 spiro atoms. The van der Waals surface area contributed by atoms with Crippen LogP contribution in [0.4, 0.5) is 5.82 Å². The average molecular weight is 259 g/mol. The second kappa shape index (κ2) is 6.58.